The number of carboxylic acids is 1. The lowest BCUT2D eigenvalue weighted by Crippen LogP contribution is -2.30. The van der Waals surface area contributed by atoms with E-state index in [-0.39, 0.29) is 29.3 Å². The lowest BCUT2D eigenvalue weighted by Gasteiger charge is -2.38. The zero-order chi connectivity index (χ0) is 16.8. The first-order valence-electron chi connectivity index (χ1n) is 7.80. The maximum absolute atomic E-state index is 13.7. The van der Waals surface area contributed by atoms with Crippen LogP contribution in [0, 0.1) is 11.7 Å². The molecule has 5 heteroatoms. The van der Waals surface area contributed by atoms with Gasteiger partial charge in [0.1, 0.15) is 5.82 Å². The van der Waals surface area contributed by atoms with E-state index in [4.69, 9.17) is 11.6 Å². The summed E-state index contributed by atoms with van der Waals surface area (Å²) in [6, 6.07) is 9.54. The average molecular weight is 344 g/mol. The minimum Gasteiger partial charge on any atom is -0.478 e. The molecule has 24 heavy (non-hydrogen) atoms. The van der Waals surface area contributed by atoms with E-state index in [0.717, 1.165) is 17.5 Å². The van der Waals surface area contributed by atoms with Gasteiger partial charge in [-0.2, -0.15) is 0 Å². The number of rotatable bonds is 2. The Kier molecular flexibility index (Phi) is 3.57. The monoisotopic (exact) mass is 343 g/mol. The Labute approximate surface area is 143 Å². The molecule has 3 atom stereocenters. The van der Waals surface area contributed by atoms with Crippen LogP contribution in [-0.4, -0.2) is 11.1 Å². The predicted octanol–water partition coefficient (Wildman–Crippen LogP) is 5.00. The zero-order valence-corrected chi connectivity index (χ0v) is 13.4. The summed E-state index contributed by atoms with van der Waals surface area (Å²) in [6.45, 7) is 0. The second kappa shape index (κ2) is 5.64. The Hall–Kier alpha value is -2.33. The van der Waals surface area contributed by atoms with E-state index in [1.807, 2.05) is 12.1 Å². The minimum atomic E-state index is -0.965. The van der Waals surface area contributed by atoms with Gasteiger partial charge in [-0.1, -0.05) is 35.9 Å². The third-order valence-electron chi connectivity index (χ3n) is 4.91. The Bertz CT molecular complexity index is 864. The summed E-state index contributed by atoms with van der Waals surface area (Å²) >= 11 is 6.34. The van der Waals surface area contributed by atoms with E-state index in [0.29, 0.717) is 10.7 Å². The quantitative estimate of drug-likeness (QED) is 0.754. The number of fused-ring (bicyclic) bond motifs is 3. The highest BCUT2D eigenvalue weighted by molar-refractivity contribution is 6.33. The molecule has 0 spiro atoms. The summed E-state index contributed by atoms with van der Waals surface area (Å²) in [5.74, 6) is -1.16. The first-order valence-corrected chi connectivity index (χ1v) is 8.18. The van der Waals surface area contributed by atoms with Gasteiger partial charge in [-0.3, -0.25) is 0 Å². The highest BCUT2D eigenvalue weighted by atomic mass is 35.5. The summed E-state index contributed by atoms with van der Waals surface area (Å²) < 4.78 is 13.7. The number of carbonyl (C=O) groups is 1. The van der Waals surface area contributed by atoms with Crippen molar-refractivity contribution >= 4 is 23.3 Å². The summed E-state index contributed by atoms with van der Waals surface area (Å²) in [7, 11) is 0. The first kappa shape index (κ1) is 15.2. The Morgan fingerprint density at radius 3 is 2.88 bits per heavy atom. The van der Waals surface area contributed by atoms with Gasteiger partial charge in [0.15, 0.2) is 0 Å². The van der Waals surface area contributed by atoms with Crippen molar-refractivity contribution in [3.05, 3.63) is 76.1 Å². The molecule has 2 aliphatic rings. The van der Waals surface area contributed by atoms with Crippen molar-refractivity contribution in [2.24, 2.45) is 5.92 Å². The van der Waals surface area contributed by atoms with Crippen molar-refractivity contribution in [3.8, 4) is 0 Å². The summed E-state index contributed by atoms with van der Waals surface area (Å²) in [5.41, 5.74) is 2.47. The molecule has 0 saturated heterocycles. The van der Waals surface area contributed by atoms with Crippen molar-refractivity contribution in [2.75, 3.05) is 5.32 Å². The van der Waals surface area contributed by atoms with E-state index >= 15 is 0 Å². The van der Waals surface area contributed by atoms with Gasteiger partial charge in [-0.25, -0.2) is 9.18 Å². The van der Waals surface area contributed by atoms with E-state index < -0.39 is 5.97 Å². The van der Waals surface area contributed by atoms with Crippen LogP contribution in [0.2, 0.25) is 5.02 Å². The molecule has 2 aromatic rings. The van der Waals surface area contributed by atoms with E-state index in [1.165, 1.54) is 12.1 Å². The van der Waals surface area contributed by atoms with Crippen molar-refractivity contribution in [2.45, 2.75) is 18.4 Å². The van der Waals surface area contributed by atoms with Crippen LogP contribution in [0.4, 0.5) is 10.1 Å². The molecule has 3 nitrogen and oxygen atoms in total. The summed E-state index contributed by atoms with van der Waals surface area (Å²) in [5, 5.41) is 13.4. The molecular formula is C19H15ClFNO2. The number of hydrogen-bond acceptors (Lipinski definition) is 2. The second-order valence-electron chi connectivity index (χ2n) is 6.22. The molecular weight excluding hydrogens is 329 g/mol. The van der Waals surface area contributed by atoms with Gasteiger partial charge in [0.05, 0.1) is 22.3 Å². The molecule has 0 aromatic heterocycles. The number of carboxylic acid groups (broad SMARTS) is 1. The zero-order valence-electron chi connectivity index (χ0n) is 12.7. The third-order valence-corrected chi connectivity index (χ3v) is 5.22. The van der Waals surface area contributed by atoms with Crippen LogP contribution in [0.15, 0.2) is 48.6 Å². The van der Waals surface area contributed by atoms with Crippen LogP contribution in [-0.2, 0) is 0 Å². The Morgan fingerprint density at radius 2 is 2.12 bits per heavy atom. The molecule has 4 rings (SSSR count). The summed E-state index contributed by atoms with van der Waals surface area (Å²) in [4.78, 5) is 11.6. The molecule has 0 bridgehead atoms. The fourth-order valence-corrected chi connectivity index (χ4v) is 4.11. The smallest absolute Gasteiger partial charge is 0.336 e. The summed E-state index contributed by atoms with van der Waals surface area (Å²) in [6.07, 6.45) is 4.91. The number of halogens is 2. The lowest BCUT2D eigenvalue weighted by atomic mass is 9.75. The van der Waals surface area contributed by atoms with Crippen LogP contribution >= 0.6 is 11.6 Å². The third kappa shape index (κ3) is 2.29. The highest BCUT2D eigenvalue weighted by Crippen LogP contribution is 2.52. The minimum absolute atomic E-state index is 0.0423. The van der Waals surface area contributed by atoms with Gasteiger partial charge in [0.2, 0.25) is 0 Å². The van der Waals surface area contributed by atoms with Gasteiger partial charge in [-0.05, 0) is 47.7 Å². The molecule has 0 unspecified atom stereocenters. The molecule has 0 saturated carbocycles. The molecule has 2 aromatic carbocycles. The second-order valence-corrected chi connectivity index (χ2v) is 6.63. The molecule has 1 aliphatic heterocycles. The first-order chi connectivity index (χ1) is 11.6. The number of nitrogens with one attached hydrogen (secondary N) is 1. The number of allylic oxidation sites excluding steroid dienone is 2. The van der Waals surface area contributed by atoms with Gasteiger partial charge < -0.3 is 10.4 Å². The highest BCUT2D eigenvalue weighted by Gasteiger charge is 2.40. The van der Waals surface area contributed by atoms with Gasteiger partial charge >= 0.3 is 5.97 Å². The fourth-order valence-electron chi connectivity index (χ4n) is 3.89. The fraction of sp³-hybridized carbons (Fsp3) is 0.211. The SMILES string of the molecule is O=C(O)c1ccc(Cl)c2c1[C@@H]1C=CC[C@@H]1[C@H](c1cccc(F)c1)N2. The van der Waals surface area contributed by atoms with Crippen LogP contribution in [0.5, 0.6) is 0 Å². The molecule has 2 N–H and O–H groups in total. The largest absolute Gasteiger partial charge is 0.478 e. The molecule has 0 fully saturated rings. The number of hydrogen-bond donors (Lipinski definition) is 2. The van der Waals surface area contributed by atoms with E-state index in [9.17, 15) is 14.3 Å². The van der Waals surface area contributed by atoms with E-state index in [1.54, 1.807) is 18.2 Å². The van der Waals surface area contributed by atoms with Gasteiger partial charge in [0.25, 0.3) is 0 Å². The lowest BCUT2D eigenvalue weighted by molar-refractivity contribution is 0.0695. The molecule has 1 heterocycles. The van der Waals surface area contributed by atoms with Crippen molar-refractivity contribution in [1.29, 1.82) is 0 Å². The Morgan fingerprint density at radius 1 is 1.29 bits per heavy atom. The maximum Gasteiger partial charge on any atom is 0.336 e. The van der Waals surface area contributed by atoms with Gasteiger partial charge in [0, 0.05) is 5.92 Å². The normalized spacial score (nSPS) is 24.2. The number of anilines is 1. The predicted molar refractivity (Wildman–Crippen MR) is 91.2 cm³/mol. The van der Waals surface area contributed by atoms with Crippen molar-refractivity contribution in [1.82, 2.24) is 0 Å². The van der Waals surface area contributed by atoms with Crippen LogP contribution in [0.3, 0.4) is 0 Å². The van der Waals surface area contributed by atoms with E-state index in [2.05, 4.69) is 11.4 Å². The van der Waals surface area contributed by atoms with Gasteiger partial charge in [-0.15, -0.1) is 0 Å². The molecule has 0 radical (unpaired) electrons. The van der Waals surface area contributed by atoms with Crippen LogP contribution in [0.25, 0.3) is 0 Å². The van der Waals surface area contributed by atoms with Crippen molar-refractivity contribution < 1.29 is 14.3 Å². The standard InChI is InChI=1S/C19H15ClFNO2/c20-15-8-7-14(19(23)24)16-12-5-2-6-13(12)17(22-18(15)16)10-3-1-4-11(21)9-10/h1-5,7-9,12-13,17,22H,6H2,(H,23,24)/t12-,13+,17+/m1/s1. The average Bonchev–Trinajstić information content (AvgIpc) is 3.04. The molecule has 122 valence electrons. The topological polar surface area (TPSA) is 49.3 Å². The number of benzene rings is 2. The van der Waals surface area contributed by atoms with Crippen LogP contribution in [0.1, 0.15) is 39.9 Å². The molecule has 0 amide bonds. The maximum atomic E-state index is 13.7. The Balaban J connectivity index is 1.88. The molecule has 1 aliphatic carbocycles. The number of aromatic carboxylic acids is 1. The van der Waals surface area contributed by atoms with Crippen molar-refractivity contribution in [3.63, 3.8) is 0 Å². The van der Waals surface area contributed by atoms with Crippen LogP contribution < -0.4 is 5.32 Å².